The number of aliphatic hydroxyl groups is 1. The van der Waals surface area contributed by atoms with Gasteiger partial charge in [-0.15, -0.1) is 0 Å². The van der Waals surface area contributed by atoms with Crippen LogP contribution in [0.3, 0.4) is 0 Å². The van der Waals surface area contributed by atoms with Gasteiger partial charge in [-0.2, -0.15) is 4.58 Å². The first kappa shape index (κ1) is 35.5. The second-order valence-corrected chi connectivity index (χ2v) is 17.9. The number of fused-ring (bicyclic) bond motifs is 9. The molecule has 1 amide bonds. The number of para-hydroxylation sites is 2. The molecule has 2 N–H and O–H groups in total. The van der Waals surface area contributed by atoms with Gasteiger partial charge in [-0.1, -0.05) is 82.0 Å². The number of nitrogens with zero attached hydrogens (tertiary/aromatic N) is 2. The molecular weight excluding hydrogens is 643 g/mol. The molecule has 5 heterocycles. The molecule has 2 aromatic carbocycles. The van der Waals surface area contributed by atoms with E-state index in [1.54, 1.807) is 0 Å². The molecule has 1 unspecified atom stereocenters. The minimum Gasteiger partial charge on any atom is -0.396 e. The fourth-order valence-corrected chi connectivity index (χ4v) is 10.8. The maximum Gasteiger partial charge on any atom is 0.219 e. The van der Waals surface area contributed by atoms with Gasteiger partial charge in [0.1, 0.15) is 6.10 Å². The lowest BCUT2D eigenvalue weighted by Crippen LogP contribution is -2.53. The molecule has 6 nitrogen and oxygen atoms in total. The molecule has 5 aliphatic heterocycles. The lowest BCUT2D eigenvalue weighted by molar-refractivity contribution is -0.466. The Kier molecular flexibility index (Phi) is 9.39. The van der Waals surface area contributed by atoms with Crippen molar-refractivity contribution in [3.63, 3.8) is 0 Å². The number of hydrogen-bond acceptors (Lipinski definition) is 4. The van der Waals surface area contributed by atoms with Crippen molar-refractivity contribution in [1.29, 1.82) is 0 Å². The van der Waals surface area contributed by atoms with Gasteiger partial charge in [0, 0.05) is 60.1 Å². The van der Waals surface area contributed by atoms with Crippen molar-refractivity contribution < 1.29 is 19.2 Å². The van der Waals surface area contributed by atoms with E-state index in [9.17, 15) is 4.79 Å². The number of hydrogen-bond donors (Lipinski definition) is 2. The van der Waals surface area contributed by atoms with Crippen LogP contribution < -0.4 is 10.2 Å². The Hall–Kier alpha value is -3.48. The first-order valence-corrected chi connectivity index (χ1v) is 20.4. The summed E-state index contributed by atoms with van der Waals surface area (Å²) in [6.45, 7) is 15.1. The summed E-state index contributed by atoms with van der Waals surface area (Å²) in [5, 5.41) is 12.1. The second kappa shape index (κ2) is 13.7. The number of aliphatic hydroxyl groups excluding tert-OH is 1. The molecule has 0 fully saturated rings. The molecule has 0 spiro atoms. The summed E-state index contributed by atoms with van der Waals surface area (Å²) in [6.07, 6.45) is 16.2. The van der Waals surface area contributed by atoms with E-state index in [1.807, 2.05) is 0 Å². The monoisotopic (exact) mass is 702 g/mol. The molecule has 0 saturated carbocycles. The smallest absolute Gasteiger partial charge is 0.219 e. The van der Waals surface area contributed by atoms with E-state index in [2.05, 4.69) is 110 Å². The molecule has 52 heavy (non-hydrogen) atoms. The summed E-state index contributed by atoms with van der Waals surface area (Å²) in [5.74, 6) is 0.673. The zero-order valence-electron chi connectivity index (χ0n) is 32.3. The van der Waals surface area contributed by atoms with Gasteiger partial charge in [0.15, 0.2) is 12.3 Å². The van der Waals surface area contributed by atoms with Gasteiger partial charge in [-0.3, -0.25) is 4.79 Å². The van der Waals surface area contributed by atoms with Crippen molar-refractivity contribution in [3.05, 3.63) is 94.2 Å². The Balaban J connectivity index is 1.07. The van der Waals surface area contributed by atoms with Crippen LogP contribution in [0.15, 0.2) is 83.1 Å². The Morgan fingerprint density at radius 3 is 2.50 bits per heavy atom. The fraction of sp³-hybridized carbons (Fsp3) is 0.565. The number of nitrogens with one attached hydrogen (secondary N) is 1. The summed E-state index contributed by atoms with van der Waals surface area (Å²) in [5.41, 5.74) is 12.6. The van der Waals surface area contributed by atoms with Gasteiger partial charge in [-0.05, 0) is 94.1 Å². The van der Waals surface area contributed by atoms with E-state index < -0.39 is 0 Å². The van der Waals surface area contributed by atoms with Crippen molar-refractivity contribution in [2.75, 3.05) is 31.1 Å². The number of allylic oxidation sites excluding steroid dienone is 3. The Morgan fingerprint density at radius 1 is 0.923 bits per heavy atom. The van der Waals surface area contributed by atoms with E-state index in [0.717, 1.165) is 83.8 Å². The standard InChI is InChI=1S/C46H59N3O3/c1-44(2)30-49-37-19-12-10-17-35(37)45(3,4)41(49)34-28-32-27-33-31(29-39(32)52-43(34)44)22-25-48-38-20-13-11-18-36(38)46(5,42(33)48)23-14-8-9-21-40(51)47-24-15-6-7-16-26-50/h10-13,17-20,27-28,31,39,43,50H,6-9,14-16,21-26,29-30H2,1-5H3/p+1/t31-,39+,43+,46?/m0/s1. The maximum atomic E-state index is 12.5. The zero-order chi connectivity index (χ0) is 36.3. The van der Waals surface area contributed by atoms with Crippen molar-refractivity contribution >= 4 is 23.0 Å². The number of rotatable bonds is 12. The molecule has 2 aromatic rings. The average molecular weight is 703 g/mol. The van der Waals surface area contributed by atoms with Gasteiger partial charge in [0.05, 0.1) is 16.9 Å². The molecule has 0 aromatic heterocycles. The minimum absolute atomic E-state index is 0.0104. The topological polar surface area (TPSA) is 64.8 Å². The van der Waals surface area contributed by atoms with Crippen LogP contribution in [0.25, 0.3) is 0 Å². The van der Waals surface area contributed by atoms with E-state index in [4.69, 9.17) is 9.84 Å². The van der Waals surface area contributed by atoms with Crippen LogP contribution >= 0.6 is 0 Å². The molecule has 1 aliphatic carbocycles. The van der Waals surface area contributed by atoms with Crippen LogP contribution in [-0.2, 0) is 20.4 Å². The first-order valence-electron chi connectivity index (χ1n) is 20.4. The van der Waals surface area contributed by atoms with Gasteiger partial charge in [0.2, 0.25) is 11.6 Å². The van der Waals surface area contributed by atoms with Crippen LogP contribution in [0.1, 0.15) is 116 Å². The largest absolute Gasteiger partial charge is 0.396 e. The van der Waals surface area contributed by atoms with Crippen molar-refractivity contribution in [3.8, 4) is 0 Å². The lowest BCUT2D eigenvalue weighted by Gasteiger charge is -2.47. The minimum atomic E-state index is -0.0817. The summed E-state index contributed by atoms with van der Waals surface area (Å²) in [6, 6.07) is 18.1. The number of benzene rings is 2. The maximum absolute atomic E-state index is 12.5. The van der Waals surface area contributed by atoms with Gasteiger partial charge < -0.3 is 20.1 Å². The van der Waals surface area contributed by atoms with Crippen molar-refractivity contribution in [2.24, 2.45) is 11.3 Å². The highest BCUT2D eigenvalue weighted by atomic mass is 16.5. The zero-order valence-corrected chi connectivity index (χ0v) is 32.3. The summed E-state index contributed by atoms with van der Waals surface area (Å²) >= 11 is 0. The number of unbranched alkanes of at least 4 members (excludes halogenated alkanes) is 5. The van der Waals surface area contributed by atoms with Crippen molar-refractivity contribution in [2.45, 2.75) is 128 Å². The SMILES string of the molecule is CC1(C)C2=[N+](CC(C)(C)[C@@H]3O[C@@H]4C[C@@H]5CCN6C(=C5C=C4C=C23)C(C)(CCCCCC(=O)NCCCCCCO)c2ccccc26)c2ccccc21. The normalized spacial score (nSPS) is 27.4. The lowest BCUT2D eigenvalue weighted by atomic mass is 9.67. The van der Waals surface area contributed by atoms with Crippen LogP contribution in [0.4, 0.5) is 11.4 Å². The molecule has 0 radical (unpaired) electrons. The Bertz CT molecular complexity index is 1860. The fourth-order valence-electron chi connectivity index (χ4n) is 10.8. The van der Waals surface area contributed by atoms with Gasteiger partial charge >= 0.3 is 0 Å². The number of carbonyl (C=O) groups is 1. The summed E-state index contributed by atoms with van der Waals surface area (Å²) < 4.78 is 9.88. The third-order valence-electron chi connectivity index (χ3n) is 13.4. The molecule has 0 saturated heterocycles. The highest BCUT2D eigenvalue weighted by molar-refractivity contribution is 6.08. The molecule has 0 bridgehead atoms. The molecular formula is C46H60N3O3+. The van der Waals surface area contributed by atoms with E-state index in [1.165, 1.54) is 50.6 Å². The average Bonchev–Trinajstić information content (AvgIpc) is 3.52. The van der Waals surface area contributed by atoms with Gasteiger partial charge in [0.25, 0.3) is 0 Å². The summed E-state index contributed by atoms with van der Waals surface area (Å²) in [7, 11) is 0. The molecule has 4 atom stereocenters. The molecule has 276 valence electrons. The van der Waals surface area contributed by atoms with E-state index in [0.29, 0.717) is 12.3 Å². The number of ether oxygens (including phenoxy) is 1. The second-order valence-electron chi connectivity index (χ2n) is 17.9. The van der Waals surface area contributed by atoms with E-state index >= 15 is 0 Å². The van der Waals surface area contributed by atoms with Crippen LogP contribution in [0.2, 0.25) is 0 Å². The van der Waals surface area contributed by atoms with E-state index in [-0.39, 0.29) is 41.0 Å². The van der Waals surface area contributed by atoms with Gasteiger partial charge in [-0.25, -0.2) is 0 Å². The third-order valence-corrected chi connectivity index (χ3v) is 13.4. The number of carbonyl (C=O) groups excluding carboxylic acids is 1. The molecule has 8 rings (SSSR count). The third kappa shape index (κ3) is 5.93. The summed E-state index contributed by atoms with van der Waals surface area (Å²) in [4.78, 5) is 15.2. The molecule has 6 heteroatoms. The van der Waals surface area contributed by atoms with Crippen LogP contribution in [0, 0.1) is 11.3 Å². The predicted octanol–water partition coefficient (Wildman–Crippen LogP) is 8.80. The quantitative estimate of drug-likeness (QED) is 0.172. The van der Waals surface area contributed by atoms with Crippen molar-refractivity contribution in [1.82, 2.24) is 5.32 Å². The van der Waals surface area contributed by atoms with Crippen LogP contribution in [0.5, 0.6) is 0 Å². The highest BCUT2D eigenvalue weighted by Crippen LogP contribution is 2.57. The van der Waals surface area contributed by atoms with Crippen LogP contribution in [-0.4, -0.2) is 59.8 Å². The number of amides is 1. The Labute approximate surface area is 311 Å². The predicted molar refractivity (Wildman–Crippen MR) is 210 cm³/mol. The Morgan fingerprint density at radius 2 is 1.67 bits per heavy atom. The first-order chi connectivity index (χ1) is 25.0. The molecule has 6 aliphatic rings. The highest BCUT2D eigenvalue weighted by Gasteiger charge is 2.58. The number of anilines is 1.